The van der Waals surface area contributed by atoms with Crippen molar-refractivity contribution in [2.75, 3.05) is 13.1 Å². The van der Waals surface area contributed by atoms with Crippen LogP contribution in [0.1, 0.15) is 6.92 Å². The number of allylic oxidation sites excluding steroid dienone is 1. The Kier molecular flexibility index (Phi) is 2.46. The Labute approximate surface area is 70.7 Å². The van der Waals surface area contributed by atoms with E-state index in [1.54, 1.807) is 13.0 Å². The van der Waals surface area contributed by atoms with Crippen molar-refractivity contribution < 1.29 is 9.90 Å². The Hall–Kier alpha value is -1.34. The second-order valence-electron chi connectivity index (χ2n) is 2.68. The Bertz CT molecular complexity index is 259. The van der Waals surface area contributed by atoms with Crippen LogP contribution in [0, 0.1) is 11.3 Å². The quantitative estimate of drug-likeness (QED) is 0.428. The van der Waals surface area contributed by atoms with Gasteiger partial charge in [0.1, 0.15) is 11.6 Å². The highest BCUT2D eigenvalue weighted by Crippen LogP contribution is 2.11. The number of hydrogen-bond donors (Lipinski definition) is 1. The van der Waals surface area contributed by atoms with Crippen molar-refractivity contribution in [3.63, 3.8) is 0 Å². The van der Waals surface area contributed by atoms with E-state index in [0.717, 1.165) is 0 Å². The van der Waals surface area contributed by atoms with E-state index in [1.165, 1.54) is 11.0 Å². The molecule has 1 fully saturated rings. The summed E-state index contributed by atoms with van der Waals surface area (Å²) < 4.78 is 0. The standard InChI is InChI=1S/C8H10N2O2/c1-2-6(3-9)8(12)10-4-7(11)5-10/h2,7,11H,4-5H2,1H3. The minimum Gasteiger partial charge on any atom is -0.389 e. The van der Waals surface area contributed by atoms with Crippen LogP contribution in [0.25, 0.3) is 0 Å². The van der Waals surface area contributed by atoms with Crippen molar-refractivity contribution in [2.45, 2.75) is 13.0 Å². The molecule has 1 aliphatic heterocycles. The maximum Gasteiger partial charge on any atom is 0.264 e. The number of carbonyl (C=O) groups excluding carboxylic acids is 1. The van der Waals surface area contributed by atoms with Gasteiger partial charge in [-0.3, -0.25) is 4.79 Å². The molecule has 0 saturated carbocycles. The van der Waals surface area contributed by atoms with Crippen molar-refractivity contribution in [1.82, 2.24) is 4.90 Å². The molecule has 0 aromatic heterocycles. The van der Waals surface area contributed by atoms with E-state index in [9.17, 15) is 4.79 Å². The van der Waals surface area contributed by atoms with Crippen molar-refractivity contribution in [3.05, 3.63) is 11.6 Å². The molecule has 1 aliphatic rings. The SMILES string of the molecule is CC=C(C#N)C(=O)N1CC(O)C1. The fourth-order valence-corrected chi connectivity index (χ4v) is 1.03. The number of nitrogens with zero attached hydrogens (tertiary/aromatic N) is 2. The van der Waals surface area contributed by atoms with Crippen LogP contribution < -0.4 is 0 Å². The summed E-state index contributed by atoms with van der Waals surface area (Å²) in [5.74, 6) is -0.287. The molecule has 1 amide bonds. The summed E-state index contributed by atoms with van der Waals surface area (Å²) >= 11 is 0. The van der Waals surface area contributed by atoms with Crippen LogP contribution in [0.5, 0.6) is 0 Å². The number of aliphatic hydroxyl groups excluding tert-OH is 1. The Morgan fingerprint density at radius 2 is 2.33 bits per heavy atom. The molecule has 4 heteroatoms. The van der Waals surface area contributed by atoms with Gasteiger partial charge in [-0.2, -0.15) is 5.26 Å². The molecule has 1 heterocycles. The third kappa shape index (κ3) is 1.46. The molecule has 0 spiro atoms. The van der Waals surface area contributed by atoms with Gasteiger partial charge in [0.25, 0.3) is 5.91 Å². The van der Waals surface area contributed by atoms with Crippen molar-refractivity contribution >= 4 is 5.91 Å². The van der Waals surface area contributed by atoms with Crippen molar-refractivity contribution in [1.29, 1.82) is 5.26 Å². The van der Waals surface area contributed by atoms with Gasteiger partial charge in [0, 0.05) is 13.1 Å². The number of aliphatic hydroxyl groups is 1. The number of nitriles is 1. The summed E-state index contributed by atoms with van der Waals surface area (Å²) in [6.45, 7) is 2.34. The first kappa shape index (κ1) is 8.75. The van der Waals surface area contributed by atoms with E-state index in [1.807, 2.05) is 0 Å². The lowest BCUT2D eigenvalue weighted by molar-refractivity contribution is -0.136. The lowest BCUT2D eigenvalue weighted by Crippen LogP contribution is -2.53. The molecule has 1 rings (SSSR count). The van der Waals surface area contributed by atoms with Gasteiger partial charge < -0.3 is 10.0 Å². The van der Waals surface area contributed by atoms with Gasteiger partial charge in [0.2, 0.25) is 0 Å². The molecule has 0 aliphatic carbocycles. The second-order valence-corrected chi connectivity index (χ2v) is 2.68. The summed E-state index contributed by atoms with van der Waals surface area (Å²) in [6.07, 6.45) is 1.07. The van der Waals surface area contributed by atoms with E-state index in [2.05, 4.69) is 0 Å². The van der Waals surface area contributed by atoms with Crippen LogP contribution in [0.4, 0.5) is 0 Å². The molecule has 0 unspecified atom stereocenters. The zero-order valence-corrected chi connectivity index (χ0v) is 6.82. The number of hydrogen-bond acceptors (Lipinski definition) is 3. The summed E-state index contributed by atoms with van der Waals surface area (Å²) in [5.41, 5.74) is 0.141. The highest BCUT2D eigenvalue weighted by molar-refractivity contribution is 5.97. The number of β-amino-alcohol motifs (C(OH)–C–C–N with tert-alkyl or cyclic N) is 1. The van der Waals surface area contributed by atoms with Crippen LogP contribution in [-0.4, -0.2) is 35.1 Å². The van der Waals surface area contributed by atoms with Crippen LogP contribution in [0.2, 0.25) is 0 Å². The van der Waals surface area contributed by atoms with E-state index in [0.29, 0.717) is 13.1 Å². The molecule has 0 bridgehead atoms. The topological polar surface area (TPSA) is 64.3 Å². The predicted octanol–water partition coefficient (Wildman–Crippen LogP) is -0.341. The average molecular weight is 166 g/mol. The molecule has 1 saturated heterocycles. The van der Waals surface area contributed by atoms with E-state index in [-0.39, 0.29) is 11.5 Å². The van der Waals surface area contributed by atoms with Crippen LogP contribution in [0.3, 0.4) is 0 Å². The summed E-state index contributed by atoms with van der Waals surface area (Å²) in [5, 5.41) is 17.4. The first-order valence-electron chi connectivity index (χ1n) is 3.72. The molecular formula is C8H10N2O2. The third-order valence-corrected chi connectivity index (χ3v) is 1.79. The minimum absolute atomic E-state index is 0.141. The molecule has 0 radical (unpaired) electrons. The second kappa shape index (κ2) is 3.37. The van der Waals surface area contributed by atoms with E-state index >= 15 is 0 Å². The van der Waals surface area contributed by atoms with Gasteiger partial charge in [0.05, 0.1) is 6.10 Å². The average Bonchev–Trinajstić information content (AvgIpc) is 2.01. The minimum atomic E-state index is -0.411. The van der Waals surface area contributed by atoms with Gasteiger partial charge in [-0.15, -0.1) is 0 Å². The lowest BCUT2D eigenvalue weighted by Gasteiger charge is -2.35. The first-order valence-corrected chi connectivity index (χ1v) is 3.72. The molecule has 12 heavy (non-hydrogen) atoms. The first-order chi connectivity index (χ1) is 5.69. The zero-order valence-electron chi connectivity index (χ0n) is 6.82. The van der Waals surface area contributed by atoms with Gasteiger partial charge in [-0.25, -0.2) is 0 Å². The van der Waals surface area contributed by atoms with Gasteiger partial charge in [0.15, 0.2) is 0 Å². The normalized spacial score (nSPS) is 18.4. The molecule has 4 nitrogen and oxygen atoms in total. The van der Waals surface area contributed by atoms with Gasteiger partial charge >= 0.3 is 0 Å². The van der Waals surface area contributed by atoms with Crippen LogP contribution >= 0.6 is 0 Å². The Morgan fingerprint density at radius 3 is 2.67 bits per heavy atom. The number of carbonyl (C=O) groups is 1. The number of amides is 1. The number of rotatable bonds is 1. The Balaban J connectivity index is 2.55. The fraction of sp³-hybridized carbons (Fsp3) is 0.500. The number of likely N-dealkylation sites (tertiary alicyclic amines) is 1. The molecule has 0 aromatic carbocycles. The Morgan fingerprint density at radius 1 is 1.75 bits per heavy atom. The van der Waals surface area contributed by atoms with E-state index < -0.39 is 6.10 Å². The molecule has 0 atom stereocenters. The van der Waals surface area contributed by atoms with Gasteiger partial charge in [-0.1, -0.05) is 6.08 Å². The van der Waals surface area contributed by atoms with E-state index in [4.69, 9.17) is 10.4 Å². The lowest BCUT2D eigenvalue weighted by atomic mass is 10.1. The highest BCUT2D eigenvalue weighted by atomic mass is 16.3. The highest BCUT2D eigenvalue weighted by Gasteiger charge is 2.30. The predicted molar refractivity (Wildman–Crippen MR) is 42.0 cm³/mol. The maximum absolute atomic E-state index is 11.3. The van der Waals surface area contributed by atoms with Crippen molar-refractivity contribution in [3.8, 4) is 6.07 Å². The molecule has 1 N–H and O–H groups in total. The molecule has 0 aromatic rings. The fourth-order valence-electron chi connectivity index (χ4n) is 1.03. The monoisotopic (exact) mass is 166 g/mol. The maximum atomic E-state index is 11.3. The summed E-state index contributed by atoms with van der Waals surface area (Å²) in [7, 11) is 0. The zero-order chi connectivity index (χ0) is 9.14. The third-order valence-electron chi connectivity index (χ3n) is 1.79. The molecule has 64 valence electrons. The largest absolute Gasteiger partial charge is 0.389 e. The van der Waals surface area contributed by atoms with Gasteiger partial charge in [-0.05, 0) is 6.92 Å². The summed E-state index contributed by atoms with van der Waals surface area (Å²) in [6, 6.07) is 1.80. The smallest absolute Gasteiger partial charge is 0.264 e. The molecular weight excluding hydrogens is 156 g/mol. The van der Waals surface area contributed by atoms with Crippen LogP contribution in [-0.2, 0) is 4.79 Å². The van der Waals surface area contributed by atoms with Crippen LogP contribution in [0.15, 0.2) is 11.6 Å². The van der Waals surface area contributed by atoms with Crippen molar-refractivity contribution in [2.24, 2.45) is 0 Å². The summed E-state index contributed by atoms with van der Waals surface area (Å²) in [4.78, 5) is 12.7.